The highest BCUT2D eigenvalue weighted by Crippen LogP contribution is 2.32. The zero-order valence-electron chi connectivity index (χ0n) is 13.5. The summed E-state index contributed by atoms with van der Waals surface area (Å²) in [7, 11) is 0. The molecule has 0 bridgehead atoms. The van der Waals surface area contributed by atoms with E-state index in [2.05, 4.69) is 30.4 Å². The molecule has 1 amide bonds. The first-order valence-corrected chi connectivity index (χ1v) is 7.70. The smallest absolute Gasteiger partial charge is 0.301 e. The van der Waals surface area contributed by atoms with Crippen LogP contribution in [0.2, 0.25) is 0 Å². The number of carbonyl (C=O) groups excluding carboxylic acids is 1. The van der Waals surface area contributed by atoms with E-state index in [9.17, 15) is 13.7 Å². The molecule has 0 radical (unpaired) electrons. The normalized spacial score (nSPS) is 11.2. The zero-order valence-corrected chi connectivity index (χ0v) is 13.5. The fourth-order valence-corrected chi connectivity index (χ4v) is 2.95. The van der Waals surface area contributed by atoms with E-state index >= 15 is 0 Å². The average Bonchev–Trinajstić information content (AvgIpc) is 3.25. The maximum Gasteiger partial charge on any atom is 0.450 e. The molecule has 3 heterocycles. The minimum absolute atomic E-state index is 0.0926. The molecule has 0 spiro atoms. The number of halogens is 2. The van der Waals surface area contributed by atoms with E-state index < -0.39 is 6.09 Å². The lowest BCUT2D eigenvalue weighted by molar-refractivity contribution is -0.0544. The van der Waals surface area contributed by atoms with E-state index in [1.165, 1.54) is 18.5 Å². The van der Waals surface area contributed by atoms with Gasteiger partial charge in [0, 0.05) is 21.7 Å². The Morgan fingerprint density at radius 1 is 1.38 bits per heavy atom. The van der Waals surface area contributed by atoms with Crippen molar-refractivity contribution >= 4 is 28.5 Å². The van der Waals surface area contributed by atoms with Crippen molar-refractivity contribution in [3.8, 4) is 11.3 Å². The molecule has 4 aromatic rings. The van der Waals surface area contributed by atoms with E-state index in [-0.39, 0.29) is 11.6 Å². The average molecular weight is 358 g/mol. The summed E-state index contributed by atoms with van der Waals surface area (Å²) >= 11 is 0. The van der Waals surface area contributed by atoms with Crippen LogP contribution in [0.5, 0.6) is 0 Å². The lowest BCUT2D eigenvalue weighted by Gasteiger charge is -2.10. The van der Waals surface area contributed by atoms with E-state index in [0.717, 1.165) is 5.39 Å². The second-order valence-corrected chi connectivity index (χ2v) is 5.55. The number of aromatic amines is 1. The van der Waals surface area contributed by atoms with Gasteiger partial charge in [-0.25, -0.2) is 19.1 Å². The fourth-order valence-electron chi connectivity index (χ4n) is 2.95. The zero-order chi connectivity index (χ0) is 18.3. The number of anilines is 1. The van der Waals surface area contributed by atoms with Crippen molar-refractivity contribution in [2.24, 2.45) is 0 Å². The minimum atomic E-state index is -1.28. The third kappa shape index (κ3) is 2.51. The van der Waals surface area contributed by atoms with E-state index in [1.54, 1.807) is 16.8 Å². The number of hydrogen-bond acceptors (Lipinski definition) is 5. The van der Waals surface area contributed by atoms with Gasteiger partial charge in [0.25, 0.3) is 0 Å². The molecule has 0 aliphatic rings. The van der Waals surface area contributed by atoms with Crippen molar-refractivity contribution < 1.29 is 18.7 Å². The number of carbonyl (C=O) groups is 1. The molecule has 0 unspecified atom stereocenters. The quantitative estimate of drug-likeness (QED) is 0.585. The fraction of sp³-hybridized carbons (Fsp3) is 0.125. The van der Waals surface area contributed by atoms with Gasteiger partial charge >= 0.3 is 6.09 Å². The molecule has 0 aliphatic carbocycles. The largest absolute Gasteiger partial charge is 0.450 e. The Balaban J connectivity index is 1.88. The van der Waals surface area contributed by atoms with Crippen LogP contribution in [0.15, 0.2) is 30.9 Å². The molecule has 0 fully saturated rings. The van der Waals surface area contributed by atoms with Gasteiger partial charge in [0.1, 0.15) is 5.82 Å². The first-order valence-electron chi connectivity index (χ1n) is 7.70. The van der Waals surface area contributed by atoms with Gasteiger partial charge in [-0.1, -0.05) is 6.92 Å². The van der Waals surface area contributed by atoms with Crippen molar-refractivity contribution in [3.63, 3.8) is 0 Å². The van der Waals surface area contributed by atoms with Gasteiger partial charge in [0.2, 0.25) is 0 Å². The number of H-pyrrole nitrogens is 1. The highest BCUT2D eigenvalue weighted by atomic mass is 19.3. The Kier molecular flexibility index (Phi) is 3.72. The number of hydrogen-bond donors (Lipinski definition) is 2. The standard InChI is InChI=1S/C16H12F2N6O2/c1-2-8-10(17)3-11-9(4-20-23-11)15(8)12-6-24-7-13(22-16(25)26-18)21-14(24)5-19-12/h3-7H,2H2,1H3,(H,20,23)(H,22,25). The van der Waals surface area contributed by atoms with Gasteiger partial charge in [-0.05, 0) is 18.1 Å². The molecule has 2 N–H and O–H groups in total. The summed E-state index contributed by atoms with van der Waals surface area (Å²) in [4.78, 5) is 22.5. The third-order valence-corrected chi connectivity index (χ3v) is 4.05. The summed E-state index contributed by atoms with van der Waals surface area (Å²) in [5.41, 5.74) is 2.64. The van der Waals surface area contributed by atoms with Crippen LogP contribution in [0.3, 0.4) is 0 Å². The molecule has 8 nitrogen and oxygen atoms in total. The van der Waals surface area contributed by atoms with Gasteiger partial charge in [-0.2, -0.15) is 5.10 Å². The Bertz CT molecular complexity index is 1140. The molecule has 132 valence electrons. The molecular formula is C16H12F2N6O2. The van der Waals surface area contributed by atoms with Gasteiger partial charge < -0.3 is 4.40 Å². The maximum absolute atomic E-state index is 14.5. The molecule has 0 aliphatic heterocycles. The number of nitrogens with one attached hydrogen (secondary N) is 2. The third-order valence-electron chi connectivity index (χ3n) is 4.05. The van der Waals surface area contributed by atoms with Crippen LogP contribution in [0.4, 0.5) is 19.5 Å². The van der Waals surface area contributed by atoms with Gasteiger partial charge in [0.05, 0.1) is 29.8 Å². The minimum Gasteiger partial charge on any atom is -0.301 e. The molecule has 0 saturated heterocycles. The van der Waals surface area contributed by atoms with Gasteiger partial charge in [-0.3, -0.25) is 15.4 Å². The molecule has 1 aromatic carbocycles. The first kappa shape index (κ1) is 15.9. The van der Waals surface area contributed by atoms with E-state index in [4.69, 9.17) is 0 Å². The molecule has 0 saturated carbocycles. The molecule has 3 aromatic heterocycles. The predicted octanol–water partition coefficient (Wildman–Crippen LogP) is 3.41. The van der Waals surface area contributed by atoms with Crippen LogP contribution in [0.1, 0.15) is 12.5 Å². The predicted molar refractivity (Wildman–Crippen MR) is 88.6 cm³/mol. The van der Waals surface area contributed by atoms with Crippen LogP contribution in [-0.2, 0) is 11.4 Å². The number of rotatable bonds is 3. The number of nitrogens with zero attached hydrogens (tertiary/aromatic N) is 4. The molecule has 10 heteroatoms. The Morgan fingerprint density at radius 2 is 2.23 bits per heavy atom. The molecule has 4 rings (SSSR count). The number of amides is 1. The van der Waals surface area contributed by atoms with Crippen molar-refractivity contribution in [2.75, 3.05) is 5.32 Å². The number of aromatic nitrogens is 5. The van der Waals surface area contributed by atoms with Crippen LogP contribution >= 0.6 is 0 Å². The van der Waals surface area contributed by atoms with Gasteiger partial charge in [-0.15, -0.1) is 0 Å². The summed E-state index contributed by atoms with van der Waals surface area (Å²) in [6, 6.07) is 1.41. The van der Waals surface area contributed by atoms with Crippen molar-refractivity contribution in [1.82, 2.24) is 24.6 Å². The van der Waals surface area contributed by atoms with Crippen LogP contribution in [0, 0.1) is 5.82 Å². The summed E-state index contributed by atoms with van der Waals surface area (Å²) in [6.45, 7) is 1.86. The second-order valence-electron chi connectivity index (χ2n) is 5.55. The highest BCUT2D eigenvalue weighted by molar-refractivity contribution is 5.95. The van der Waals surface area contributed by atoms with E-state index in [1.807, 2.05) is 6.92 Å². The Hall–Kier alpha value is -3.56. The van der Waals surface area contributed by atoms with Crippen LogP contribution < -0.4 is 5.32 Å². The highest BCUT2D eigenvalue weighted by Gasteiger charge is 2.17. The SMILES string of the molecule is CCc1c(F)cc2[nH]ncc2c1-c1cn2cc(NC(=O)OF)nc2cn1. The summed E-state index contributed by atoms with van der Waals surface area (Å²) < 4.78 is 27.9. The van der Waals surface area contributed by atoms with Crippen LogP contribution in [0.25, 0.3) is 27.8 Å². The van der Waals surface area contributed by atoms with E-state index in [0.29, 0.717) is 34.4 Å². The molecule has 0 atom stereocenters. The number of fused-ring (bicyclic) bond motifs is 2. The number of benzene rings is 1. The van der Waals surface area contributed by atoms with Crippen molar-refractivity contribution in [2.45, 2.75) is 13.3 Å². The monoisotopic (exact) mass is 358 g/mol. The Labute approximate surface area is 144 Å². The second kappa shape index (κ2) is 6.06. The molecular weight excluding hydrogens is 346 g/mol. The lowest BCUT2D eigenvalue weighted by Crippen LogP contribution is -2.09. The Morgan fingerprint density at radius 3 is 3.00 bits per heavy atom. The number of imidazole rings is 1. The molecule has 26 heavy (non-hydrogen) atoms. The van der Waals surface area contributed by atoms with Crippen LogP contribution in [-0.4, -0.2) is 30.7 Å². The maximum atomic E-state index is 14.5. The summed E-state index contributed by atoms with van der Waals surface area (Å²) in [5.74, 6) is -0.255. The van der Waals surface area contributed by atoms with Crippen molar-refractivity contribution in [1.29, 1.82) is 0 Å². The lowest BCUT2D eigenvalue weighted by atomic mass is 9.98. The van der Waals surface area contributed by atoms with Crippen molar-refractivity contribution in [3.05, 3.63) is 42.2 Å². The topological polar surface area (TPSA) is 97.2 Å². The first-order chi connectivity index (χ1) is 12.6. The summed E-state index contributed by atoms with van der Waals surface area (Å²) in [5, 5.41) is 9.61. The van der Waals surface area contributed by atoms with Gasteiger partial charge in [0.15, 0.2) is 11.5 Å². The summed E-state index contributed by atoms with van der Waals surface area (Å²) in [6.07, 6.45) is 5.40.